The molecule has 1 heterocycles. The minimum Gasteiger partial charge on any atom is -0.356 e. The Morgan fingerprint density at radius 1 is 1.30 bits per heavy atom. The Morgan fingerprint density at radius 3 is 2.74 bits per heavy atom. The third-order valence-electron chi connectivity index (χ3n) is 4.66. The number of benzene rings is 1. The van der Waals surface area contributed by atoms with Gasteiger partial charge in [0.05, 0.1) is 6.04 Å². The van der Waals surface area contributed by atoms with Crippen LogP contribution in [0, 0.1) is 6.92 Å². The summed E-state index contributed by atoms with van der Waals surface area (Å²) in [6, 6.07) is 8.67. The molecule has 1 N–H and O–H groups in total. The predicted molar refractivity (Wildman–Crippen MR) is 122 cm³/mol. The second-order valence-electron chi connectivity index (χ2n) is 6.52. The topological polar surface area (TPSA) is 24.4 Å². The average Bonchev–Trinajstić information content (AvgIpc) is 3.10. The van der Waals surface area contributed by atoms with E-state index in [0.717, 1.165) is 22.9 Å². The summed E-state index contributed by atoms with van der Waals surface area (Å²) in [5.41, 5.74) is 5.00. The van der Waals surface area contributed by atoms with Crippen LogP contribution in [0.5, 0.6) is 0 Å². The SMILES string of the molecule is C=C/C=C\C(=C)[C@H]1N=C(SCc2ccccc2C)N[C@H]1/C(=C/C)C/C=C\C. The molecule has 2 nitrogen and oxygen atoms in total. The fourth-order valence-electron chi connectivity index (χ4n) is 3.01. The molecule has 0 saturated carbocycles. The Labute approximate surface area is 168 Å². The van der Waals surface area contributed by atoms with E-state index in [9.17, 15) is 0 Å². The van der Waals surface area contributed by atoms with Gasteiger partial charge in [0.25, 0.3) is 0 Å². The standard InChI is InChI=1S/C24H30N2S/c1-6-9-13-19(5)22-23(20(8-3)15-10-7-2)26-24(25-22)27-17-21-16-12-11-14-18(21)4/h6-14,16,22-23H,1,5,15,17H2,2-4H3,(H,25,26)/b10-7-,13-9-,20-8+/t22-,23+/m1/s1. The minimum atomic E-state index is 0.0111. The van der Waals surface area contributed by atoms with Crippen molar-refractivity contribution in [3.63, 3.8) is 0 Å². The normalized spacial score (nSPS) is 20.1. The largest absolute Gasteiger partial charge is 0.356 e. The van der Waals surface area contributed by atoms with Gasteiger partial charge in [0, 0.05) is 5.75 Å². The molecule has 0 fully saturated rings. The summed E-state index contributed by atoms with van der Waals surface area (Å²) in [5, 5.41) is 4.63. The van der Waals surface area contributed by atoms with Gasteiger partial charge >= 0.3 is 0 Å². The molecule has 1 aromatic carbocycles. The number of hydrogen-bond donors (Lipinski definition) is 1. The highest BCUT2D eigenvalue weighted by molar-refractivity contribution is 8.13. The van der Waals surface area contributed by atoms with E-state index in [1.807, 2.05) is 12.2 Å². The number of thioether (sulfide) groups is 1. The van der Waals surface area contributed by atoms with E-state index in [-0.39, 0.29) is 12.1 Å². The number of rotatable bonds is 8. The monoisotopic (exact) mass is 378 g/mol. The number of allylic oxidation sites excluding steroid dienone is 5. The summed E-state index contributed by atoms with van der Waals surface area (Å²) in [6.07, 6.45) is 13.1. The summed E-state index contributed by atoms with van der Waals surface area (Å²) < 4.78 is 0. The summed E-state index contributed by atoms with van der Waals surface area (Å²) in [7, 11) is 0. The zero-order valence-electron chi connectivity index (χ0n) is 16.6. The van der Waals surface area contributed by atoms with Gasteiger partial charge in [-0.3, -0.25) is 4.99 Å². The quantitative estimate of drug-likeness (QED) is 0.434. The summed E-state index contributed by atoms with van der Waals surface area (Å²) in [6.45, 7) is 14.3. The average molecular weight is 379 g/mol. The third kappa shape index (κ3) is 5.86. The second-order valence-corrected chi connectivity index (χ2v) is 7.49. The third-order valence-corrected chi connectivity index (χ3v) is 5.61. The van der Waals surface area contributed by atoms with Crippen LogP contribution in [0.15, 0.2) is 90.0 Å². The fraction of sp³-hybridized carbons (Fsp3) is 0.292. The van der Waals surface area contributed by atoms with Crippen LogP contribution in [0.3, 0.4) is 0 Å². The predicted octanol–water partition coefficient (Wildman–Crippen LogP) is 6.14. The van der Waals surface area contributed by atoms with Crippen LogP contribution in [0.4, 0.5) is 0 Å². The van der Waals surface area contributed by atoms with E-state index < -0.39 is 0 Å². The maximum Gasteiger partial charge on any atom is 0.158 e. The first-order valence-electron chi connectivity index (χ1n) is 9.36. The van der Waals surface area contributed by atoms with Crippen molar-refractivity contribution in [2.24, 2.45) is 4.99 Å². The first-order valence-corrected chi connectivity index (χ1v) is 10.3. The van der Waals surface area contributed by atoms with E-state index in [2.05, 4.69) is 81.7 Å². The van der Waals surface area contributed by atoms with Gasteiger partial charge in [-0.05, 0) is 49.5 Å². The van der Waals surface area contributed by atoms with Crippen LogP contribution < -0.4 is 5.32 Å². The lowest BCUT2D eigenvalue weighted by molar-refractivity contribution is 0.641. The number of aryl methyl sites for hydroxylation is 1. The molecule has 0 spiro atoms. The van der Waals surface area contributed by atoms with E-state index in [4.69, 9.17) is 4.99 Å². The molecule has 27 heavy (non-hydrogen) atoms. The van der Waals surface area contributed by atoms with Crippen LogP contribution >= 0.6 is 11.8 Å². The summed E-state index contributed by atoms with van der Waals surface area (Å²) in [4.78, 5) is 4.96. The van der Waals surface area contributed by atoms with E-state index >= 15 is 0 Å². The second kappa shape index (κ2) is 10.8. The maximum atomic E-state index is 4.96. The lowest BCUT2D eigenvalue weighted by Crippen LogP contribution is -2.36. The molecule has 0 amide bonds. The molecule has 0 saturated heterocycles. The lowest BCUT2D eigenvalue weighted by Gasteiger charge is -2.21. The Kier molecular flexibility index (Phi) is 8.41. The highest BCUT2D eigenvalue weighted by atomic mass is 32.2. The van der Waals surface area contributed by atoms with Crippen LogP contribution in [0.1, 0.15) is 31.4 Å². The van der Waals surface area contributed by atoms with Gasteiger partial charge in [0.1, 0.15) is 6.04 Å². The molecular formula is C24H30N2S. The van der Waals surface area contributed by atoms with Gasteiger partial charge in [-0.2, -0.15) is 0 Å². The number of aliphatic imine (C=N–C) groups is 1. The van der Waals surface area contributed by atoms with Crippen molar-refractivity contribution in [3.8, 4) is 0 Å². The maximum absolute atomic E-state index is 4.96. The molecule has 3 heteroatoms. The smallest absolute Gasteiger partial charge is 0.158 e. The number of nitrogens with zero attached hydrogens (tertiary/aromatic N) is 1. The van der Waals surface area contributed by atoms with Crippen LogP contribution in [-0.2, 0) is 5.75 Å². The van der Waals surface area contributed by atoms with E-state index in [1.165, 1.54) is 16.7 Å². The molecule has 0 aliphatic carbocycles. The first kappa shape index (κ1) is 21.0. The molecule has 2 rings (SSSR count). The Hall–Kier alpha value is -2.26. The van der Waals surface area contributed by atoms with Crippen molar-refractivity contribution in [1.29, 1.82) is 0 Å². The van der Waals surface area contributed by atoms with Gasteiger partial charge < -0.3 is 5.32 Å². The molecule has 0 bridgehead atoms. The molecule has 1 aliphatic rings. The number of amidine groups is 1. The first-order chi connectivity index (χ1) is 13.1. The van der Waals surface area contributed by atoms with Crippen molar-refractivity contribution < 1.29 is 0 Å². The van der Waals surface area contributed by atoms with Gasteiger partial charge in [0.15, 0.2) is 5.17 Å². The minimum absolute atomic E-state index is 0.0111. The van der Waals surface area contributed by atoms with Gasteiger partial charge in [0.2, 0.25) is 0 Å². The Morgan fingerprint density at radius 2 is 2.07 bits per heavy atom. The summed E-state index contributed by atoms with van der Waals surface area (Å²) >= 11 is 1.76. The van der Waals surface area contributed by atoms with Crippen molar-refractivity contribution >= 4 is 16.9 Å². The van der Waals surface area contributed by atoms with Crippen LogP contribution in [0.2, 0.25) is 0 Å². The van der Waals surface area contributed by atoms with Gasteiger partial charge in [-0.25, -0.2) is 0 Å². The molecule has 142 valence electrons. The molecular weight excluding hydrogens is 348 g/mol. The van der Waals surface area contributed by atoms with Crippen LogP contribution in [0.25, 0.3) is 0 Å². The van der Waals surface area contributed by atoms with E-state index in [1.54, 1.807) is 17.8 Å². The highest BCUT2D eigenvalue weighted by Gasteiger charge is 2.32. The zero-order chi connectivity index (χ0) is 19.6. The zero-order valence-corrected chi connectivity index (χ0v) is 17.4. The molecule has 1 aliphatic heterocycles. The molecule has 0 radical (unpaired) electrons. The fourth-order valence-corrected chi connectivity index (χ4v) is 4.02. The van der Waals surface area contributed by atoms with Gasteiger partial charge in [-0.15, -0.1) is 0 Å². The Bertz CT molecular complexity index is 783. The number of hydrogen-bond acceptors (Lipinski definition) is 3. The number of nitrogens with one attached hydrogen (secondary N) is 1. The highest BCUT2D eigenvalue weighted by Crippen LogP contribution is 2.28. The van der Waals surface area contributed by atoms with Crippen molar-refractivity contribution in [1.82, 2.24) is 5.32 Å². The molecule has 1 aromatic rings. The van der Waals surface area contributed by atoms with Crippen molar-refractivity contribution in [2.75, 3.05) is 0 Å². The lowest BCUT2D eigenvalue weighted by atomic mass is 9.93. The van der Waals surface area contributed by atoms with Crippen LogP contribution in [-0.4, -0.2) is 17.3 Å². The Balaban J connectivity index is 2.18. The van der Waals surface area contributed by atoms with Crippen molar-refractivity contribution in [2.45, 2.75) is 45.0 Å². The molecule has 2 atom stereocenters. The molecule has 0 aromatic heterocycles. The molecule has 0 unspecified atom stereocenters. The van der Waals surface area contributed by atoms with Crippen molar-refractivity contribution in [3.05, 3.63) is 96.2 Å². The summed E-state index contributed by atoms with van der Waals surface area (Å²) in [5.74, 6) is 0.910. The van der Waals surface area contributed by atoms with E-state index in [0.29, 0.717) is 0 Å². The van der Waals surface area contributed by atoms with Gasteiger partial charge in [-0.1, -0.05) is 85.6 Å².